The average Bonchev–Trinajstić information content (AvgIpc) is 2.77. The number of anilines is 1. The fourth-order valence-corrected chi connectivity index (χ4v) is 3.33. The monoisotopic (exact) mass is 437 g/mol. The number of carbonyl (C=O) groups is 1. The van der Waals surface area contributed by atoms with E-state index in [0.717, 1.165) is 11.1 Å². The van der Waals surface area contributed by atoms with Gasteiger partial charge in [0, 0.05) is 10.4 Å². The molecular weight excluding hydrogens is 421 g/mol. The molecule has 4 aromatic rings. The van der Waals surface area contributed by atoms with Gasteiger partial charge in [-0.2, -0.15) is 4.98 Å². The Morgan fingerprint density at radius 3 is 2.30 bits per heavy atom. The number of fused-ring (bicyclic) bond motifs is 1. The summed E-state index contributed by atoms with van der Waals surface area (Å²) in [6.45, 7) is 0.385. The van der Waals surface area contributed by atoms with E-state index in [1.54, 1.807) is 12.1 Å². The maximum Gasteiger partial charge on any atom is 0.416 e. The van der Waals surface area contributed by atoms with Crippen molar-refractivity contribution in [1.82, 2.24) is 9.97 Å². The van der Waals surface area contributed by atoms with Crippen molar-refractivity contribution in [3.05, 3.63) is 100 Å². The fourth-order valence-electron chi connectivity index (χ4n) is 3.03. The predicted octanol–water partition coefficient (Wildman–Crippen LogP) is 6.28. The molecule has 4 rings (SSSR count). The molecule has 3 aromatic carbocycles. The van der Waals surface area contributed by atoms with Crippen LogP contribution in [0.3, 0.4) is 0 Å². The van der Waals surface area contributed by atoms with Gasteiger partial charge in [-0.05, 0) is 47.0 Å². The van der Waals surface area contributed by atoms with Gasteiger partial charge in [-0.15, -0.1) is 0 Å². The molecule has 5 nitrogen and oxygen atoms in total. The molecule has 0 aliphatic carbocycles. The fraction of sp³-hybridized carbons (Fsp3) is 0.0870. The standard InChI is InChI=1S/C23H17Cl2N3O2/c24-18-12-10-16(11-13-18)14-28(23(29)30-15-17-6-2-1-3-7-17)21-19-8-4-5-9-20(19)26-22(25)27-21/h1-13H,14-15H2. The third-order valence-corrected chi connectivity index (χ3v) is 4.91. The van der Waals surface area contributed by atoms with Crippen LogP contribution in [0, 0.1) is 0 Å². The van der Waals surface area contributed by atoms with Crippen molar-refractivity contribution >= 4 is 46.0 Å². The number of hydrogen-bond donors (Lipinski definition) is 0. The van der Waals surface area contributed by atoms with Crippen molar-refractivity contribution in [2.75, 3.05) is 4.90 Å². The second-order valence-corrected chi connectivity index (χ2v) is 7.36. The first-order valence-electron chi connectivity index (χ1n) is 9.25. The Morgan fingerprint density at radius 1 is 0.833 bits per heavy atom. The molecule has 0 fully saturated rings. The van der Waals surface area contributed by atoms with E-state index in [1.807, 2.05) is 66.7 Å². The zero-order valence-electron chi connectivity index (χ0n) is 15.8. The molecule has 0 radical (unpaired) electrons. The quantitative estimate of drug-likeness (QED) is 0.344. The van der Waals surface area contributed by atoms with Gasteiger partial charge in [0.1, 0.15) is 6.61 Å². The van der Waals surface area contributed by atoms with E-state index in [4.69, 9.17) is 27.9 Å². The smallest absolute Gasteiger partial charge is 0.416 e. The van der Waals surface area contributed by atoms with Crippen molar-refractivity contribution in [1.29, 1.82) is 0 Å². The summed E-state index contributed by atoms with van der Waals surface area (Å²) >= 11 is 12.2. The number of rotatable bonds is 5. The summed E-state index contributed by atoms with van der Waals surface area (Å²) < 4.78 is 5.59. The second-order valence-electron chi connectivity index (χ2n) is 6.59. The van der Waals surface area contributed by atoms with Crippen LogP contribution in [-0.2, 0) is 17.9 Å². The van der Waals surface area contributed by atoms with Gasteiger partial charge >= 0.3 is 6.09 Å². The molecule has 0 aliphatic heterocycles. The van der Waals surface area contributed by atoms with Crippen molar-refractivity contribution in [3.8, 4) is 0 Å². The molecule has 0 saturated carbocycles. The number of benzene rings is 3. The summed E-state index contributed by atoms with van der Waals surface area (Å²) in [6.07, 6.45) is -0.534. The van der Waals surface area contributed by atoms with Gasteiger partial charge < -0.3 is 4.74 Å². The number of hydrogen-bond acceptors (Lipinski definition) is 4. The van der Waals surface area contributed by atoms with E-state index in [1.165, 1.54) is 4.90 Å². The molecule has 7 heteroatoms. The molecule has 150 valence electrons. The van der Waals surface area contributed by atoms with Gasteiger partial charge in [0.25, 0.3) is 0 Å². The summed E-state index contributed by atoms with van der Waals surface area (Å²) in [6, 6.07) is 24.1. The highest BCUT2D eigenvalue weighted by Crippen LogP contribution is 2.27. The van der Waals surface area contributed by atoms with Crippen LogP contribution >= 0.6 is 23.2 Å². The van der Waals surface area contributed by atoms with Crippen LogP contribution in [-0.4, -0.2) is 16.1 Å². The largest absolute Gasteiger partial charge is 0.444 e. The minimum atomic E-state index is -0.534. The highest BCUT2D eigenvalue weighted by atomic mass is 35.5. The third-order valence-electron chi connectivity index (χ3n) is 4.49. The van der Waals surface area contributed by atoms with E-state index < -0.39 is 6.09 Å². The maximum atomic E-state index is 13.1. The Kier molecular flexibility index (Phi) is 6.12. The molecule has 1 aromatic heterocycles. The third kappa shape index (κ3) is 4.70. The number of ether oxygens (including phenoxy) is 1. The number of amides is 1. The van der Waals surface area contributed by atoms with Crippen molar-refractivity contribution in [3.63, 3.8) is 0 Å². The van der Waals surface area contributed by atoms with Crippen LogP contribution < -0.4 is 4.90 Å². The van der Waals surface area contributed by atoms with E-state index in [0.29, 0.717) is 21.7 Å². The highest BCUT2D eigenvalue weighted by molar-refractivity contribution is 6.30. The van der Waals surface area contributed by atoms with E-state index in [2.05, 4.69) is 9.97 Å². The van der Waals surface area contributed by atoms with Crippen LogP contribution in [0.2, 0.25) is 10.3 Å². The lowest BCUT2D eigenvalue weighted by Crippen LogP contribution is -2.32. The van der Waals surface area contributed by atoms with Gasteiger partial charge in [-0.1, -0.05) is 66.2 Å². The molecule has 1 heterocycles. The zero-order valence-corrected chi connectivity index (χ0v) is 17.3. The van der Waals surface area contributed by atoms with Gasteiger partial charge in [0.15, 0.2) is 5.82 Å². The van der Waals surface area contributed by atoms with E-state index >= 15 is 0 Å². The molecule has 30 heavy (non-hydrogen) atoms. The first-order chi connectivity index (χ1) is 14.6. The minimum Gasteiger partial charge on any atom is -0.444 e. The predicted molar refractivity (Wildman–Crippen MR) is 119 cm³/mol. The SMILES string of the molecule is O=C(OCc1ccccc1)N(Cc1ccc(Cl)cc1)c1nc(Cl)nc2ccccc12. The first-order valence-corrected chi connectivity index (χ1v) is 10.0. The van der Waals surface area contributed by atoms with Crippen LogP contribution in [0.25, 0.3) is 10.9 Å². The van der Waals surface area contributed by atoms with E-state index in [9.17, 15) is 4.79 Å². The zero-order chi connectivity index (χ0) is 20.9. The summed E-state index contributed by atoms with van der Waals surface area (Å²) in [4.78, 5) is 23.2. The summed E-state index contributed by atoms with van der Waals surface area (Å²) in [5.41, 5.74) is 2.40. The maximum absolute atomic E-state index is 13.1. The minimum absolute atomic E-state index is 0.0562. The Bertz CT molecular complexity index is 1170. The topological polar surface area (TPSA) is 55.3 Å². The molecular formula is C23H17Cl2N3O2. The van der Waals surface area contributed by atoms with E-state index in [-0.39, 0.29) is 18.4 Å². The lowest BCUT2D eigenvalue weighted by molar-refractivity contribution is 0.146. The van der Waals surface area contributed by atoms with Gasteiger partial charge in [-0.25, -0.2) is 9.78 Å². The van der Waals surface area contributed by atoms with Crippen LogP contribution in [0.1, 0.15) is 11.1 Å². The van der Waals surface area contributed by atoms with Gasteiger partial charge in [0.2, 0.25) is 5.28 Å². The van der Waals surface area contributed by atoms with Gasteiger partial charge in [0.05, 0.1) is 12.1 Å². The van der Waals surface area contributed by atoms with Crippen molar-refractivity contribution < 1.29 is 9.53 Å². The number of carbonyl (C=O) groups excluding carboxylic acids is 1. The van der Waals surface area contributed by atoms with Crippen LogP contribution in [0.4, 0.5) is 10.6 Å². The van der Waals surface area contributed by atoms with Crippen LogP contribution in [0.15, 0.2) is 78.9 Å². The Balaban J connectivity index is 1.70. The number of para-hydroxylation sites is 1. The lowest BCUT2D eigenvalue weighted by Gasteiger charge is -2.23. The summed E-state index contributed by atoms with van der Waals surface area (Å²) in [7, 11) is 0. The molecule has 0 atom stereocenters. The summed E-state index contributed by atoms with van der Waals surface area (Å²) in [5, 5.41) is 1.38. The number of nitrogens with zero attached hydrogens (tertiary/aromatic N) is 3. The second kappa shape index (κ2) is 9.11. The first kappa shape index (κ1) is 20.1. The number of aromatic nitrogens is 2. The summed E-state index contributed by atoms with van der Waals surface area (Å²) in [5.74, 6) is 0.388. The lowest BCUT2D eigenvalue weighted by atomic mass is 10.2. The Hall–Kier alpha value is -3.15. The molecule has 1 amide bonds. The average molecular weight is 438 g/mol. The Labute approximate surface area is 183 Å². The molecule has 0 spiro atoms. The molecule has 0 saturated heterocycles. The Morgan fingerprint density at radius 2 is 1.53 bits per heavy atom. The molecule has 0 N–H and O–H groups in total. The molecule has 0 bridgehead atoms. The highest BCUT2D eigenvalue weighted by Gasteiger charge is 2.23. The molecule has 0 unspecified atom stereocenters. The normalized spacial score (nSPS) is 10.7. The van der Waals surface area contributed by atoms with Crippen molar-refractivity contribution in [2.24, 2.45) is 0 Å². The van der Waals surface area contributed by atoms with Gasteiger partial charge in [-0.3, -0.25) is 4.90 Å². The van der Waals surface area contributed by atoms with Crippen LogP contribution in [0.5, 0.6) is 0 Å². The number of halogens is 2. The van der Waals surface area contributed by atoms with Crippen molar-refractivity contribution in [2.45, 2.75) is 13.2 Å². The molecule has 0 aliphatic rings.